The normalized spacial score (nSPS) is 27.8. The highest BCUT2D eigenvalue weighted by atomic mass is 35.5. The molecule has 0 atom stereocenters. The summed E-state index contributed by atoms with van der Waals surface area (Å²) < 4.78 is 7.38. The van der Waals surface area contributed by atoms with E-state index in [9.17, 15) is 0 Å². The number of hydrogen-bond acceptors (Lipinski definition) is 2. The number of halogens is 2. The van der Waals surface area contributed by atoms with E-state index in [2.05, 4.69) is 21.2 Å². The summed E-state index contributed by atoms with van der Waals surface area (Å²) in [7, 11) is 0. The molecule has 0 aromatic carbocycles. The standard InChI is InChI=1S/C14H12Cl2N2/c1-9-7-11(3-5-13(9)17-15)12-4-6-14(18-16)10(2)8-12/h3-8H,1-2H3/b12-11+,17-13+,18-14+. The summed E-state index contributed by atoms with van der Waals surface area (Å²) in [4.78, 5) is 0. The van der Waals surface area contributed by atoms with Gasteiger partial charge in [0.15, 0.2) is 0 Å². The van der Waals surface area contributed by atoms with Gasteiger partial charge in [-0.3, -0.25) is 0 Å². The second kappa shape index (κ2) is 5.51. The van der Waals surface area contributed by atoms with Crippen molar-refractivity contribution < 1.29 is 0 Å². The quantitative estimate of drug-likeness (QED) is 0.623. The average molecular weight is 279 g/mol. The monoisotopic (exact) mass is 278 g/mol. The Labute approximate surface area is 117 Å². The first kappa shape index (κ1) is 13.1. The second-order valence-electron chi connectivity index (χ2n) is 4.17. The van der Waals surface area contributed by atoms with Crippen molar-refractivity contribution >= 4 is 35.0 Å². The largest absolute Gasteiger partial charge is 0.178 e. The summed E-state index contributed by atoms with van der Waals surface area (Å²) in [5.41, 5.74) is 5.94. The molecule has 0 spiro atoms. The van der Waals surface area contributed by atoms with Gasteiger partial charge in [-0.05, 0) is 60.4 Å². The third-order valence-electron chi connectivity index (χ3n) is 2.91. The highest BCUT2D eigenvalue weighted by Crippen LogP contribution is 2.23. The molecule has 0 N–H and O–H groups in total. The number of allylic oxidation sites excluding steroid dienone is 10. The average Bonchev–Trinajstić information content (AvgIpc) is 2.38. The van der Waals surface area contributed by atoms with Crippen molar-refractivity contribution in [2.75, 3.05) is 0 Å². The molecular weight excluding hydrogens is 267 g/mol. The van der Waals surface area contributed by atoms with E-state index >= 15 is 0 Å². The summed E-state index contributed by atoms with van der Waals surface area (Å²) in [6.45, 7) is 3.97. The van der Waals surface area contributed by atoms with E-state index in [-0.39, 0.29) is 0 Å². The molecule has 0 bridgehead atoms. The molecule has 0 unspecified atom stereocenters. The molecule has 0 saturated heterocycles. The van der Waals surface area contributed by atoms with Gasteiger partial charge in [0.2, 0.25) is 0 Å². The van der Waals surface area contributed by atoms with Gasteiger partial charge >= 0.3 is 0 Å². The first-order chi connectivity index (χ1) is 8.65. The summed E-state index contributed by atoms with van der Waals surface area (Å²) in [5, 5.41) is 0. The van der Waals surface area contributed by atoms with Crippen LogP contribution in [0.25, 0.3) is 0 Å². The van der Waals surface area contributed by atoms with Crippen LogP contribution in [0.4, 0.5) is 0 Å². The Kier molecular flexibility index (Phi) is 4.00. The lowest BCUT2D eigenvalue weighted by Gasteiger charge is -2.13. The van der Waals surface area contributed by atoms with Gasteiger partial charge in [-0.15, -0.1) is 0 Å². The molecule has 0 saturated carbocycles. The first-order valence-electron chi connectivity index (χ1n) is 5.51. The van der Waals surface area contributed by atoms with Crippen LogP contribution in [-0.4, -0.2) is 11.4 Å². The predicted octanol–water partition coefficient (Wildman–Crippen LogP) is 4.50. The minimum atomic E-state index is 0.796. The van der Waals surface area contributed by atoms with Gasteiger partial charge in [-0.25, -0.2) is 0 Å². The predicted molar refractivity (Wildman–Crippen MR) is 79.4 cm³/mol. The van der Waals surface area contributed by atoms with Gasteiger partial charge in [0.05, 0.1) is 11.4 Å². The number of rotatable bonds is 0. The number of hydrogen-bond donors (Lipinski definition) is 0. The molecule has 0 aliphatic heterocycles. The second-order valence-corrected chi connectivity index (χ2v) is 4.51. The fourth-order valence-electron chi connectivity index (χ4n) is 1.86. The van der Waals surface area contributed by atoms with Crippen molar-refractivity contribution in [2.45, 2.75) is 13.8 Å². The minimum Gasteiger partial charge on any atom is -0.178 e. The molecule has 2 nitrogen and oxygen atoms in total. The van der Waals surface area contributed by atoms with Crippen LogP contribution in [0.3, 0.4) is 0 Å². The Morgan fingerprint density at radius 1 is 0.722 bits per heavy atom. The highest BCUT2D eigenvalue weighted by Gasteiger charge is 2.10. The Bertz CT molecular complexity index is 533. The smallest absolute Gasteiger partial charge is 0.0806 e. The van der Waals surface area contributed by atoms with Crippen molar-refractivity contribution in [3.8, 4) is 0 Å². The van der Waals surface area contributed by atoms with Crippen LogP contribution in [0.15, 0.2) is 67.8 Å². The Balaban J connectivity index is 2.42. The zero-order chi connectivity index (χ0) is 13.1. The van der Waals surface area contributed by atoms with Crippen LogP contribution in [-0.2, 0) is 0 Å². The number of nitrogens with zero attached hydrogens (tertiary/aromatic N) is 2. The van der Waals surface area contributed by atoms with Crippen molar-refractivity contribution in [3.05, 3.63) is 58.7 Å². The van der Waals surface area contributed by atoms with Crippen LogP contribution in [0.2, 0.25) is 0 Å². The van der Waals surface area contributed by atoms with E-state index < -0.39 is 0 Å². The van der Waals surface area contributed by atoms with Crippen molar-refractivity contribution in [1.29, 1.82) is 0 Å². The SMILES string of the molecule is CC1=CC(=C2C=C/C(=N\Cl)C(C)=C\2)/C=CC/1=N\Cl. The fraction of sp³-hybridized carbons (Fsp3) is 0.143. The minimum absolute atomic E-state index is 0.796. The Hall–Kier alpha value is -1.38. The molecule has 92 valence electrons. The van der Waals surface area contributed by atoms with Gasteiger partial charge in [0.1, 0.15) is 0 Å². The lowest BCUT2D eigenvalue weighted by atomic mass is 9.93. The summed E-state index contributed by atoms with van der Waals surface area (Å²) in [6, 6.07) is 0. The maximum absolute atomic E-state index is 5.49. The Morgan fingerprint density at radius 3 is 1.39 bits per heavy atom. The summed E-state index contributed by atoms with van der Waals surface area (Å²) in [6.07, 6.45) is 11.9. The molecule has 2 aliphatic rings. The molecule has 0 aromatic heterocycles. The van der Waals surface area contributed by atoms with E-state index in [0.717, 1.165) is 33.7 Å². The molecule has 18 heavy (non-hydrogen) atoms. The third kappa shape index (κ3) is 2.55. The maximum atomic E-state index is 5.49. The first-order valence-corrected chi connectivity index (χ1v) is 6.19. The lowest BCUT2D eigenvalue weighted by Crippen LogP contribution is -2.04. The van der Waals surface area contributed by atoms with Crippen molar-refractivity contribution in [2.24, 2.45) is 9.02 Å². The van der Waals surface area contributed by atoms with Crippen LogP contribution in [0.1, 0.15) is 13.8 Å². The van der Waals surface area contributed by atoms with E-state index in [1.54, 1.807) is 0 Å². The van der Waals surface area contributed by atoms with E-state index in [0.29, 0.717) is 0 Å². The van der Waals surface area contributed by atoms with E-state index in [4.69, 9.17) is 23.6 Å². The summed E-state index contributed by atoms with van der Waals surface area (Å²) in [5.74, 6) is 0. The fourth-order valence-corrected chi connectivity index (χ4v) is 2.24. The molecule has 0 radical (unpaired) electrons. The molecule has 4 heteroatoms. The zero-order valence-electron chi connectivity index (χ0n) is 10.1. The van der Waals surface area contributed by atoms with Crippen LogP contribution >= 0.6 is 23.6 Å². The Morgan fingerprint density at radius 2 is 1.11 bits per heavy atom. The highest BCUT2D eigenvalue weighted by molar-refractivity contribution is 6.26. The lowest BCUT2D eigenvalue weighted by molar-refractivity contribution is 1.43. The molecule has 0 heterocycles. The van der Waals surface area contributed by atoms with Crippen LogP contribution in [0.5, 0.6) is 0 Å². The zero-order valence-corrected chi connectivity index (χ0v) is 11.6. The van der Waals surface area contributed by atoms with Crippen molar-refractivity contribution in [1.82, 2.24) is 0 Å². The topological polar surface area (TPSA) is 24.7 Å². The van der Waals surface area contributed by atoms with Crippen LogP contribution in [0, 0.1) is 0 Å². The van der Waals surface area contributed by atoms with Gasteiger partial charge in [-0.2, -0.15) is 9.02 Å². The van der Waals surface area contributed by atoms with Crippen LogP contribution < -0.4 is 0 Å². The summed E-state index contributed by atoms with van der Waals surface area (Å²) >= 11 is 11.0. The van der Waals surface area contributed by atoms with E-state index in [1.807, 2.05) is 38.2 Å². The van der Waals surface area contributed by atoms with Gasteiger partial charge in [0.25, 0.3) is 0 Å². The molecule has 0 amide bonds. The molecule has 2 aliphatic carbocycles. The van der Waals surface area contributed by atoms with Gasteiger partial charge < -0.3 is 0 Å². The molecule has 2 rings (SSSR count). The maximum Gasteiger partial charge on any atom is 0.0806 e. The molecule has 0 aromatic rings. The van der Waals surface area contributed by atoms with E-state index in [1.165, 1.54) is 0 Å². The van der Waals surface area contributed by atoms with Gasteiger partial charge in [-0.1, -0.05) is 12.2 Å². The molecule has 0 fully saturated rings. The molecular formula is C14H12Cl2N2. The van der Waals surface area contributed by atoms with Gasteiger partial charge in [0, 0.05) is 23.6 Å². The third-order valence-corrected chi connectivity index (χ3v) is 3.27. The van der Waals surface area contributed by atoms with Crippen molar-refractivity contribution in [3.63, 3.8) is 0 Å².